The van der Waals surface area contributed by atoms with Gasteiger partial charge in [0.15, 0.2) is 0 Å². The molecule has 0 spiro atoms. The first-order chi connectivity index (χ1) is 31.7. The predicted octanol–water partition coefficient (Wildman–Crippen LogP) is 0.698. The fourth-order valence-electron chi connectivity index (χ4n) is 7.06. The van der Waals surface area contributed by atoms with Crippen LogP contribution in [0.5, 0.6) is 0 Å². The lowest BCUT2D eigenvalue weighted by molar-refractivity contribution is -0.156. The van der Waals surface area contributed by atoms with E-state index in [0.717, 1.165) is 43.7 Å². The molecule has 19 nitrogen and oxygen atoms in total. The lowest BCUT2D eigenvalue weighted by Crippen LogP contribution is -2.59. The van der Waals surface area contributed by atoms with Crippen LogP contribution in [0.2, 0.25) is 0 Å². The molecule has 374 valence electrons. The van der Waals surface area contributed by atoms with Gasteiger partial charge in [-0.05, 0) is 36.2 Å². The topological polar surface area (TPSA) is 282 Å². The van der Waals surface area contributed by atoms with Crippen molar-refractivity contribution in [2.24, 2.45) is 17.8 Å². The fraction of sp³-hybridized carbons (Fsp3) is 0.625. The maximum atomic E-state index is 13.8. The number of nitrogens with one attached hydrogen (secondary N) is 6. The number of allylic oxidation sites excluding steroid dienone is 1. The zero-order valence-electron chi connectivity index (χ0n) is 40.3. The average molecular weight is 942 g/mol. The molecule has 0 bridgehead atoms. The molecule has 0 aliphatic carbocycles. The number of amides is 7. The maximum Gasteiger partial charge on any atom is 0.329 e. The SMILES string of the molecule is CCCCCC/C=C\CC(=O)N[C@@H](CO)C(=O)N[C@H](C(=O)N[C@@H](CO)[C@@H](O)CC(=O)N[C@H](C(=O)N[C@@H]1/C=C/C(=O)N[C@@H](C(C)C)C(=O)N(C)[C@@H](Cc2ccccc2)C(=O)OC1)C(C)C)C(C)C. The number of cyclic esters (lactones) is 1. The van der Waals surface area contributed by atoms with Gasteiger partial charge in [-0.15, -0.1) is 0 Å². The zero-order valence-corrected chi connectivity index (χ0v) is 40.3. The third-order valence-corrected chi connectivity index (χ3v) is 11.2. The number of carbonyl (C=O) groups is 8. The van der Waals surface area contributed by atoms with Gasteiger partial charge in [0.05, 0.1) is 37.8 Å². The van der Waals surface area contributed by atoms with Crippen molar-refractivity contribution in [2.75, 3.05) is 26.9 Å². The van der Waals surface area contributed by atoms with E-state index in [1.807, 2.05) is 12.1 Å². The van der Waals surface area contributed by atoms with Gasteiger partial charge in [-0.1, -0.05) is 116 Å². The van der Waals surface area contributed by atoms with Crippen LogP contribution in [0.25, 0.3) is 0 Å². The first-order valence-electron chi connectivity index (χ1n) is 23.2. The Bertz CT molecular complexity index is 1840. The van der Waals surface area contributed by atoms with Gasteiger partial charge >= 0.3 is 5.97 Å². The van der Waals surface area contributed by atoms with E-state index < -0.39 is 134 Å². The van der Waals surface area contributed by atoms with Gasteiger partial charge in [0.25, 0.3) is 0 Å². The molecule has 0 aromatic heterocycles. The lowest BCUT2D eigenvalue weighted by Gasteiger charge is -2.32. The Kier molecular flexibility index (Phi) is 25.6. The van der Waals surface area contributed by atoms with Crippen LogP contribution in [0.3, 0.4) is 0 Å². The minimum absolute atomic E-state index is 0.00871. The summed E-state index contributed by atoms with van der Waals surface area (Å²) in [6.07, 6.45) is 8.89. The zero-order chi connectivity index (χ0) is 50.2. The first-order valence-corrected chi connectivity index (χ1v) is 23.2. The van der Waals surface area contributed by atoms with Crippen LogP contribution in [0, 0.1) is 17.8 Å². The van der Waals surface area contributed by atoms with Crippen molar-refractivity contribution in [3.05, 3.63) is 60.2 Å². The summed E-state index contributed by atoms with van der Waals surface area (Å²) in [6.45, 7) is 10.2. The highest BCUT2D eigenvalue weighted by molar-refractivity contribution is 5.95. The Labute approximate surface area is 394 Å². The van der Waals surface area contributed by atoms with Gasteiger partial charge in [0.2, 0.25) is 41.4 Å². The fourth-order valence-corrected chi connectivity index (χ4v) is 7.06. The largest absolute Gasteiger partial charge is 0.462 e. The van der Waals surface area contributed by atoms with Crippen LogP contribution < -0.4 is 31.9 Å². The molecule has 1 aliphatic rings. The molecule has 8 atom stereocenters. The second kappa shape index (κ2) is 29.9. The van der Waals surface area contributed by atoms with Crippen LogP contribution >= 0.6 is 0 Å². The summed E-state index contributed by atoms with van der Waals surface area (Å²) in [5.41, 5.74) is 0.755. The Balaban J connectivity index is 2.13. The van der Waals surface area contributed by atoms with Gasteiger partial charge in [-0.2, -0.15) is 0 Å². The minimum Gasteiger partial charge on any atom is -0.462 e. The first kappa shape index (κ1) is 57.5. The quantitative estimate of drug-likeness (QED) is 0.0372. The summed E-state index contributed by atoms with van der Waals surface area (Å²) in [6, 6.07) is 0.652. The predicted molar refractivity (Wildman–Crippen MR) is 250 cm³/mol. The molecule has 0 radical (unpaired) electrons. The third-order valence-electron chi connectivity index (χ3n) is 11.2. The van der Waals surface area contributed by atoms with Gasteiger partial charge in [0, 0.05) is 26.0 Å². The highest BCUT2D eigenvalue weighted by Gasteiger charge is 2.36. The third kappa shape index (κ3) is 20.0. The molecule has 67 heavy (non-hydrogen) atoms. The molecule has 9 N–H and O–H groups in total. The Morgan fingerprint density at radius 2 is 1.48 bits per heavy atom. The maximum absolute atomic E-state index is 13.8. The van der Waals surface area contributed by atoms with E-state index in [2.05, 4.69) is 38.8 Å². The van der Waals surface area contributed by atoms with Crippen molar-refractivity contribution in [1.82, 2.24) is 36.8 Å². The number of aliphatic hydroxyl groups excluding tert-OH is 3. The van der Waals surface area contributed by atoms with Gasteiger partial charge in [-0.25, -0.2) is 4.79 Å². The molecule has 0 saturated carbocycles. The van der Waals surface area contributed by atoms with Crippen molar-refractivity contribution < 1.29 is 58.4 Å². The number of esters is 1. The molecule has 0 fully saturated rings. The number of benzene rings is 1. The number of likely N-dealkylation sites (N-methyl/N-ethyl adjacent to an activating group) is 1. The monoisotopic (exact) mass is 942 g/mol. The summed E-state index contributed by atoms with van der Waals surface area (Å²) in [4.78, 5) is 108. The van der Waals surface area contributed by atoms with E-state index in [9.17, 15) is 53.7 Å². The Hall–Kier alpha value is -5.66. The van der Waals surface area contributed by atoms with Crippen molar-refractivity contribution in [3.63, 3.8) is 0 Å². The Morgan fingerprint density at radius 3 is 2.07 bits per heavy atom. The molecule has 1 aromatic carbocycles. The van der Waals surface area contributed by atoms with Crippen LogP contribution in [-0.2, 0) is 49.5 Å². The summed E-state index contributed by atoms with van der Waals surface area (Å²) in [5.74, 6) is -7.00. The van der Waals surface area contributed by atoms with Gasteiger partial charge < -0.3 is 56.9 Å². The van der Waals surface area contributed by atoms with Crippen molar-refractivity contribution in [2.45, 2.75) is 148 Å². The molecule has 2 rings (SSSR count). The second-order valence-corrected chi connectivity index (χ2v) is 17.9. The number of unbranched alkanes of at least 4 members (excludes halogenated alkanes) is 4. The highest BCUT2D eigenvalue weighted by Crippen LogP contribution is 2.16. The van der Waals surface area contributed by atoms with Crippen LogP contribution in [0.1, 0.15) is 99.0 Å². The number of rotatable bonds is 25. The Morgan fingerprint density at radius 1 is 0.821 bits per heavy atom. The normalized spacial score (nSPS) is 19.8. The van der Waals surface area contributed by atoms with Crippen LogP contribution in [0.15, 0.2) is 54.6 Å². The van der Waals surface area contributed by atoms with E-state index in [1.165, 1.54) is 18.0 Å². The van der Waals surface area contributed by atoms with Crippen molar-refractivity contribution in [1.29, 1.82) is 0 Å². The molecular weight excluding hydrogens is 867 g/mol. The molecule has 19 heteroatoms. The van der Waals surface area contributed by atoms with E-state index in [-0.39, 0.29) is 18.8 Å². The average Bonchev–Trinajstić information content (AvgIpc) is 3.28. The van der Waals surface area contributed by atoms with E-state index >= 15 is 0 Å². The summed E-state index contributed by atoms with van der Waals surface area (Å²) >= 11 is 0. The molecule has 1 heterocycles. The van der Waals surface area contributed by atoms with Crippen LogP contribution in [0.4, 0.5) is 0 Å². The second-order valence-electron chi connectivity index (χ2n) is 17.9. The van der Waals surface area contributed by atoms with E-state index in [4.69, 9.17) is 4.74 Å². The number of carbonyl (C=O) groups excluding carboxylic acids is 8. The number of hydrogen-bond acceptors (Lipinski definition) is 12. The number of hydrogen-bond donors (Lipinski definition) is 9. The van der Waals surface area contributed by atoms with Gasteiger partial charge in [0.1, 0.15) is 36.8 Å². The summed E-state index contributed by atoms with van der Waals surface area (Å²) in [5, 5.41) is 46.4. The lowest BCUT2D eigenvalue weighted by atomic mass is 9.99. The molecule has 1 aromatic rings. The smallest absolute Gasteiger partial charge is 0.329 e. The number of aliphatic hydroxyl groups is 3. The van der Waals surface area contributed by atoms with Crippen molar-refractivity contribution >= 4 is 47.3 Å². The van der Waals surface area contributed by atoms with Crippen molar-refractivity contribution in [3.8, 4) is 0 Å². The van der Waals surface area contributed by atoms with Crippen LogP contribution in [-0.4, -0.2) is 143 Å². The van der Waals surface area contributed by atoms with E-state index in [1.54, 1.807) is 71.9 Å². The van der Waals surface area contributed by atoms with Gasteiger partial charge in [-0.3, -0.25) is 33.6 Å². The molecule has 7 amide bonds. The summed E-state index contributed by atoms with van der Waals surface area (Å²) < 4.78 is 5.66. The highest BCUT2D eigenvalue weighted by atomic mass is 16.5. The minimum atomic E-state index is -1.67. The molecule has 0 unspecified atom stereocenters. The molecule has 1 aliphatic heterocycles. The summed E-state index contributed by atoms with van der Waals surface area (Å²) in [7, 11) is 1.46. The standard InChI is InChI=1S/C48H75N7O12/c1-9-10-11-12-13-14-18-21-38(59)50-35(27-57)44(62)54-42(30(4)5)46(64)51-34(26-56)37(58)25-40(61)53-41(29(2)3)45(63)49-33-22-23-39(60)52-43(31(6)7)47(65)55(8)36(48(66)67-28-33)24-32-19-16-15-17-20-32/h14-20,22-23,29-31,33-37,41-43,56-58H,9-13,21,24-28H2,1-8H3,(H,49,63)(H,50,59)(H,51,64)(H,52,60)(H,53,61)(H,54,62)/b18-14-,23-22+/t33-,34+,35+,36+,37+,41+,42+,43+/m1/s1. The molecule has 0 saturated heterocycles. The number of ether oxygens (including phenoxy) is 1. The van der Waals surface area contributed by atoms with E-state index in [0.29, 0.717) is 0 Å². The molecular formula is C48H75N7O12. The number of nitrogens with zero attached hydrogens (tertiary/aromatic N) is 1.